The van der Waals surface area contributed by atoms with E-state index < -0.39 is 23.1 Å². The molecule has 1 fully saturated rings. The molecule has 0 bridgehead atoms. The number of rotatable bonds is 8. The van der Waals surface area contributed by atoms with E-state index in [2.05, 4.69) is 26.1 Å². The second-order valence-corrected chi connectivity index (χ2v) is 7.67. The molecule has 1 aliphatic rings. The van der Waals surface area contributed by atoms with Crippen LogP contribution in [0.5, 0.6) is 0 Å². The number of hydrogen-bond acceptors (Lipinski definition) is 6. The monoisotopic (exact) mass is 439 g/mol. The molecule has 0 saturated carbocycles. The van der Waals surface area contributed by atoms with Gasteiger partial charge >= 0.3 is 6.18 Å². The van der Waals surface area contributed by atoms with E-state index in [1.54, 1.807) is 0 Å². The maximum atomic E-state index is 12.6. The molecule has 0 radical (unpaired) electrons. The van der Waals surface area contributed by atoms with Crippen molar-refractivity contribution in [1.82, 2.24) is 20.8 Å². The van der Waals surface area contributed by atoms with Crippen LogP contribution in [0.4, 0.5) is 18.3 Å². The quantitative estimate of drug-likeness (QED) is 0.550. The number of benzene rings is 1. The lowest BCUT2D eigenvalue weighted by Crippen LogP contribution is -2.54. The van der Waals surface area contributed by atoms with Crippen LogP contribution in [0.25, 0.3) is 0 Å². The van der Waals surface area contributed by atoms with E-state index in [1.165, 1.54) is 12.2 Å². The van der Waals surface area contributed by atoms with Crippen molar-refractivity contribution in [1.29, 1.82) is 0 Å². The third-order valence-corrected chi connectivity index (χ3v) is 5.32. The Bertz CT molecular complexity index is 897. The van der Waals surface area contributed by atoms with Crippen LogP contribution in [0, 0.1) is 0 Å². The molecule has 2 heterocycles. The molecule has 2 aromatic rings. The average molecular weight is 439 g/mol. The number of amides is 2. The summed E-state index contributed by atoms with van der Waals surface area (Å²) in [5.41, 5.74) is 1.09. The highest BCUT2D eigenvalue weighted by Crippen LogP contribution is 2.32. The molecule has 2 atom stereocenters. The first-order chi connectivity index (χ1) is 14.3. The minimum Gasteiger partial charge on any atom is -0.349 e. The lowest BCUT2D eigenvalue weighted by molar-refractivity contribution is -0.138. The summed E-state index contributed by atoms with van der Waals surface area (Å²) in [4.78, 5) is 24.3. The second kappa shape index (κ2) is 9.81. The molecule has 0 aliphatic carbocycles. The normalized spacial score (nSPS) is 17.4. The number of aryl methyl sites for hydroxylation is 1. The molecule has 11 heteroatoms. The zero-order chi connectivity index (χ0) is 21.6. The minimum absolute atomic E-state index is 0.150. The van der Waals surface area contributed by atoms with Gasteiger partial charge < -0.3 is 10.6 Å². The number of alkyl halides is 3. The molecule has 160 valence electrons. The SMILES string of the molecule is O=C(C=C[C@H](CCc1ccccc1)NC(=O)[C@@H]1CCN1)Nc1nnc(C(F)(F)F)s1. The molecule has 3 rings (SSSR count). The van der Waals surface area contributed by atoms with Crippen LogP contribution in [0.15, 0.2) is 42.5 Å². The van der Waals surface area contributed by atoms with Crippen LogP contribution in [0.2, 0.25) is 0 Å². The summed E-state index contributed by atoms with van der Waals surface area (Å²) in [6.45, 7) is 0.785. The first-order valence-corrected chi connectivity index (χ1v) is 10.1. The van der Waals surface area contributed by atoms with Crippen LogP contribution < -0.4 is 16.0 Å². The summed E-state index contributed by atoms with van der Waals surface area (Å²) in [5.74, 6) is -0.802. The number of anilines is 1. The Labute approximate surface area is 174 Å². The van der Waals surface area contributed by atoms with Gasteiger partial charge in [0.2, 0.25) is 22.0 Å². The van der Waals surface area contributed by atoms with Gasteiger partial charge in [-0.05, 0) is 31.4 Å². The fraction of sp³-hybridized carbons (Fsp3) is 0.368. The number of halogens is 3. The fourth-order valence-electron chi connectivity index (χ4n) is 2.72. The molecule has 2 amide bonds. The first kappa shape index (κ1) is 21.9. The highest BCUT2D eigenvalue weighted by Gasteiger charge is 2.35. The van der Waals surface area contributed by atoms with E-state index in [0.29, 0.717) is 12.8 Å². The van der Waals surface area contributed by atoms with E-state index in [1.807, 2.05) is 30.3 Å². The zero-order valence-corrected chi connectivity index (χ0v) is 16.6. The summed E-state index contributed by atoms with van der Waals surface area (Å²) in [6, 6.07) is 9.03. The second-order valence-electron chi connectivity index (χ2n) is 6.69. The zero-order valence-electron chi connectivity index (χ0n) is 15.8. The smallest absolute Gasteiger partial charge is 0.349 e. The van der Waals surface area contributed by atoms with Crippen LogP contribution in [0.1, 0.15) is 23.4 Å². The lowest BCUT2D eigenvalue weighted by atomic mass is 10.0. The highest BCUT2D eigenvalue weighted by molar-refractivity contribution is 7.15. The first-order valence-electron chi connectivity index (χ1n) is 9.29. The molecule has 3 N–H and O–H groups in total. The van der Waals surface area contributed by atoms with E-state index in [9.17, 15) is 22.8 Å². The fourth-order valence-corrected chi connectivity index (χ4v) is 3.33. The summed E-state index contributed by atoms with van der Waals surface area (Å²) >= 11 is 0.244. The van der Waals surface area contributed by atoms with Crippen molar-refractivity contribution in [3.8, 4) is 0 Å². The number of nitrogens with one attached hydrogen (secondary N) is 3. The van der Waals surface area contributed by atoms with Gasteiger partial charge in [0, 0.05) is 12.1 Å². The number of hydrogen-bond donors (Lipinski definition) is 3. The van der Waals surface area contributed by atoms with Crippen molar-refractivity contribution in [2.75, 3.05) is 11.9 Å². The van der Waals surface area contributed by atoms with Gasteiger partial charge in [-0.15, -0.1) is 10.2 Å². The van der Waals surface area contributed by atoms with Crippen LogP contribution in [0.3, 0.4) is 0 Å². The third-order valence-electron chi connectivity index (χ3n) is 4.43. The highest BCUT2D eigenvalue weighted by atomic mass is 32.1. The average Bonchev–Trinajstić information content (AvgIpc) is 3.12. The van der Waals surface area contributed by atoms with Gasteiger partial charge in [0.25, 0.3) is 0 Å². The molecule has 30 heavy (non-hydrogen) atoms. The molecule has 1 aromatic carbocycles. The Kier molecular flexibility index (Phi) is 7.16. The summed E-state index contributed by atoms with van der Waals surface area (Å²) in [7, 11) is 0. The van der Waals surface area contributed by atoms with Crippen molar-refractivity contribution < 1.29 is 22.8 Å². The molecule has 0 unspecified atom stereocenters. The van der Waals surface area contributed by atoms with Gasteiger partial charge in [0.15, 0.2) is 0 Å². The van der Waals surface area contributed by atoms with Gasteiger partial charge in [-0.1, -0.05) is 47.7 Å². The van der Waals surface area contributed by atoms with Crippen molar-refractivity contribution in [3.63, 3.8) is 0 Å². The summed E-state index contributed by atoms with van der Waals surface area (Å²) in [5, 5.41) is 13.1. The Morgan fingerprint density at radius 3 is 2.60 bits per heavy atom. The Morgan fingerprint density at radius 2 is 2.00 bits per heavy atom. The van der Waals surface area contributed by atoms with Crippen molar-refractivity contribution >= 4 is 28.3 Å². The number of carbonyl (C=O) groups is 2. The molecule has 1 saturated heterocycles. The maximum absolute atomic E-state index is 12.6. The molecular weight excluding hydrogens is 419 g/mol. The largest absolute Gasteiger partial charge is 0.445 e. The maximum Gasteiger partial charge on any atom is 0.445 e. The Balaban J connectivity index is 1.59. The minimum atomic E-state index is -4.61. The third kappa shape index (κ3) is 6.36. The van der Waals surface area contributed by atoms with Crippen LogP contribution >= 0.6 is 11.3 Å². The topological polar surface area (TPSA) is 96.0 Å². The molecule has 1 aromatic heterocycles. The van der Waals surface area contributed by atoms with Gasteiger partial charge in [-0.2, -0.15) is 13.2 Å². The van der Waals surface area contributed by atoms with E-state index in [-0.39, 0.29) is 28.4 Å². The lowest BCUT2D eigenvalue weighted by Gasteiger charge is -2.28. The van der Waals surface area contributed by atoms with Crippen molar-refractivity contribution in [3.05, 3.63) is 53.1 Å². The van der Waals surface area contributed by atoms with E-state index in [4.69, 9.17) is 0 Å². The van der Waals surface area contributed by atoms with Gasteiger partial charge in [-0.3, -0.25) is 14.9 Å². The van der Waals surface area contributed by atoms with E-state index in [0.717, 1.165) is 18.5 Å². The van der Waals surface area contributed by atoms with Crippen molar-refractivity contribution in [2.24, 2.45) is 0 Å². The number of nitrogens with zero attached hydrogens (tertiary/aromatic N) is 2. The Morgan fingerprint density at radius 1 is 1.27 bits per heavy atom. The summed E-state index contributed by atoms with van der Waals surface area (Å²) in [6.07, 6.45) is 0.0860. The van der Waals surface area contributed by atoms with Crippen LogP contribution in [-0.2, 0) is 22.2 Å². The predicted octanol–water partition coefficient (Wildman–Crippen LogP) is 2.53. The standard InChI is InChI=1S/C19H20F3N5O2S/c20-19(21,22)17-26-27-18(30-17)25-15(28)9-8-13(24-16(29)14-10-11-23-14)7-6-12-4-2-1-3-5-12/h1-5,8-9,13-14,23H,6-7,10-11H2,(H,24,29)(H,25,27,28)/t13-,14-/m0/s1. The number of aromatic nitrogens is 2. The van der Waals surface area contributed by atoms with E-state index >= 15 is 0 Å². The predicted molar refractivity (Wildman–Crippen MR) is 106 cm³/mol. The van der Waals surface area contributed by atoms with Crippen molar-refractivity contribution in [2.45, 2.75) is 37.5 Å². The van der Waals surface area contributed by atoms with Gasteiger partial charge in [0.05, 0.1) is 6.04 Å². The number of carbonyl (C=O) groups excluding carboxylic acids is 2. The van der Waals surface area contributed by atoms with Crippen LogP contribution in [-0.4, -0.2) is 40.6 Å². The molecule has 1 aliphatic heterocycles. The molecule has 0 spiro atoms. The van der Waals surface area contributed by atoms with Gasteiger partial charge in [0.1, 0.15) is 0 Å². The summed E-state index contributed by atoms with van der Waals surface area (Å²) < 4.78 is 37.7. The van der Waals surface area contributed by atoms with Gasteiger partial charge in [-0.25, -0.2) is 0 Å². The molecular formula is C19H20F3N5O2S. The Hall–Kier alpha value is -2.79. The molecule has 7 nitrogen and oxygen atoms in total.